The Kier molecular flexibility index (Phi) is 6.78. The fourth-order valence-corrected chi connectivity index (χ4v) is 6.01. The molecule has 274 valence electrons. The summed E-state index contributed by atoms with van der Waals surface area (Å²) in [5, 5.41) is 0.329. The van der Waals surface area contributed by atoms with Crippen LogP contribution in [0.25, 0.3) is 65.2 Å². The number of benzene rings is 5. The van der Waals surface area contributed by atoms with E-state index >= 15 is 0 Å². The first-order chi connectivity index (χ1) is 23.6. The van der Waals surface area contributed by atoms with Crippen molar-refractivity contribution in [3.63, 3.8) is 0 Å². The van der Waals surface area contributed by atoms with Crippen LogP contribution in [0.3, 0.4) is 0 Å². The summed E-state index contributed by atoms with van der Waals surface area (Å²) < 4.78 is 247. The molecule has 2 heterocycles. The molecule has 0 radical (unpaired) electrons. The zero-order valence-electron chi connectivity index (χ0n) is 24.2. The van der Waals surface area contributed by atoms with Crippen LogP contribution < -0.4 is 0 Å². The molecule has 5 aromatic carbocycles. The largest absolute Gasteiger partial charge is 0.460 e. The first-order valence-electron chi connectivity index (χ1n) is 13.8. The molecule has 0 unspecified atom stereocenters. The number of hydrogen-bond acceptors (Lipinski definition) is 4. The minimum atomic E-state index is -7.23. The maximum Gasteiger partial charge on any atom is 0.460 e. The third-order valence-corrected chi connectivity index (χ3v) is 8.57. The molecule has 0 aliphatic heterocycles. The topological polar surface area (TPSA) is 51.6 Å². The van der Waals surface area contributed by atoms with E-state index < -0.39 is 81.6 Å². The molecule has 0 bridgehead atoms. The molecule has 0 amide bonds. The standard InChI is InChI=1S/C30H8F18N4/c31-23(32,25(35,36)27(39,40)29(43,44)45)21-49-13-5-1-9-10-2-6-15-20-16(8-4-12(18(10)20)11-3-7-14(50-21)19(13)17(9)11)52-22(51-15)24(33,34)26(37,38)28(41,42)30(46,47)48/h1-8H. The van der Waals surface area contributed by atoms with Gasteiger partial charge < -0.3 is 0 Å². The number of hydrogen-bond donors (Lipinski definition) is 0. The number of rotatable bonds is 6. The van der Waals surface area contributed by atoms with E-state index in [4.69, 9.17) is 0 Å². The fraction of sp³-hybridized carbons (Fsp3) is 0.267. The second-order valence-electron chi connectivity index (χ2n) is 11.6. The number of halogens is 18. The molecule has 52 heavy (non-hydrogen) atoms. The molecule has 0 saturated carbocycles. The van der Waals surface area contributed by atoms with Gasteiger partial charge >= 0.3 is 47.9 Å². The van der Waals surface area contributed by atoms with Crippen molar-refractivity contribution in [1.29, 1.82) is 0 Å². The van der Waals surface area contributed by atoms with Crippen LogP contribution in [0.1, 0.15) is 11.6 Å². The molecule has 7 rings (SSSR count). The molecule has 0 aliphatic carbocycles. The second-order valence-corrected chi connectivity index (χ2v) is 11.6. The lowest BCUT2D eigenvalue weighted by Crippen LogP contribution is -2.60. The number of aromatic nitrogens is 4. The Balaban J connectivity index is 1.45. The lowest BCUT2D eigenvalue weighted by Gasteiger charge is -2.33. The highest BCUT2D eigenvalue weighted by atomic mass is 19.4. The van der Waals surface area contributed by atoms with Crippen LogP contribution in [-0.4, -0.2) is 56.0 Å². The summed E-state index contributed by atoms with van der Waals surface area (Å²) in [7, 11) is 0. The van der Waals surface area contributed by atoms with E-state index in [2.05, 4.69) is 19.9 Å². The predicted molar refractivity (Wildman–Crippen MR) is 145 cm³/mol. The van der Waals surface area contributed by atoms with Crippen LogP contribution in [0.4, 0.5) is 79.0 Å². The number of alkyl halides is 18. The zero-order valence-corrected chi connectivity index (χ0v) is 24.2. The molecule has 0 aliphatic rings. The average molecular weight is 766 g/mol. The van der Waals surface area contributed by atoms with Crippen molar-refractivity contribution < 1.29 is 79.0 Å². The third kappa shape index (κ3) is 4.16. The molecule has 0 N–H and O–H groups in total. The van der Waals surface area contributed by atoms with E-state index in [9.17, 15) is 79.0 Å². The highest BCUT2D eigenvalue weighted by Gasteiger charge is 2.84. The van der Waals surface area contributed by atoms with Gasteiger partial charge in [-0.3, -0.25) is 0 Å². The summed E-state index contributed by atoms with van der Waals surface area (Å²) in [5.74, 6) is -45.9. The van der Waals surface area contributed by atoms with E-state index in [0.717, 1.165) is 48.5 Å². The molecule has 7 aromatic rings. The summed E-state index contributed by atoms with van der Waals surface area (Å²) >= 11 is 0. The molecular formula is C30H8F18N4. The van der Waals surface area contributed by atoms with Gasteiger partial charge in [-0.25, -0.2) is 19.9 Å². The van der Waals surface area contributed by atoms with Gasteiger partial charge in [0.1, 0.15) is 0 Å². The van der Waals surface area contributed by atoms with Crippen molar-refractivity contribution in [2.75, 3.05) is 0 Å². The van der Waals surface area contributed by atoms with Crippen molar-refractivity contribution in [1.82, 2.24) is 19.9 Å². The molecule has 2 aromatic heterocycles. The smallest absolute Gasteiger partial charge is 0.227 e. The van der Waals surface area contributed by atoms with Crippen molar-refractivity contribution in [2.24, 2.45) is 0 Å². The number of fused-ring (bicyclic) bond motifs is 2. The Morgan fingerprint density at radius 3 is 0.731 bits per heavy atom. The van der Waals surface area contributed by atoms with Crippen molar-refractivity contribution in [2.45, 2.75) is 47.9 Å². The highest BCUT2D eigenvalue weighted by Crippen LogP contribution is 2.58. The van der Waals surface area contributed by atoms with Gasteiger partial charge in [0.2, 0.25) is 11.6 Å². The Morgan fingerprint density at radius 1 is 0.288 bits per heavy atom. The Hall–Kier alpha value is -4.92. The fourth-order valence-electron chi connectivity index (χ4n) is 6.01. The lowest BCUT2D eigenvalue weighted by atomic mass is 9.88. The molecular weight excluding hydrogens is 758 g/mol. The van der Waals surface area contributed by atoms with Crippen LogP contribution >= 0.6 is 0 Å². The normalized spacial score (nSPS) is 15.1. The molecule has 0 saturated heterocycles. The molecule has 0 fully saturated rings. The van der Waals surface area contributed by atoms with Gasteiger partial charge in [-0.2, -0.15) is 79.0 Å². The summed E-state index contributed by atoms with van der Waals surface area (Å²) in [6.45, 7) is 0. The maximum absolute atomic E-state index is 14.8. The van der Waals surface area contributed by atoms with Gasteiger partial charge in [-0.05, 0) is 45.8 Å². The van der Waals surface area contributed by atoms with Gasteiger partial charge in [0.15, 0.2) is 0 Å². The van der Waals surface area contributed by atoms with Crippen LogP contribution in [-0.2, 0) is 11.8 Å². The van der Waals surface area contributed by atoms with Gasteiger partial charge in [0.05, 0.1) is 22.1 Å². The van der Waals surface area contributed by atoms with Crippen molar-refractivity contribution in [3.05, 3.63) is 60.2 Å². The van der Waals surface area contributed by atoms with Crippen LogP contribution in [0.5, 0.6) is 0 Å². The first-order valence-corrected chi connectivity index (χ1v) is 13.8. The van der Waals surface area contributed by atoms with E-state index in [1.807, 2.05) is 0 Å². The second kappa shape index (κ2) is 9.94. The van der Waals surface area contributed by atoms with Crippen molar-refractivity contribution in [3.8, 4) is 0 Å². The van der Waals surface area contributed by atoms with Crippen LogP contribution in [0.15, 0.2) is 48.5 Å². The summed E-state index contributed by atoms with van der Waals surface area (Å²) in [4.78, 5) is 12.8. The van der Waals surface area contributed by atoms with Gasteiger partial charge in [-0.1, -0.05) is 24.3 Å². The average Bonchev–Trinajstić information content (AvgIpc) is 3.04. The SMILES string of the molecule is FC(F)(F)C(F)(F)C(F)(F)C(F)(F)c1nc2ccc3c4ccc5nc(C(F)(F)C(F)(F)C(F)(F)C(F)(F)F)nc6ccc(c7ccc(n1)c2c37)c4c56. The van der Waals surface area contributed by atoms with E-state index in [1.165, 1.54) is 0 Å². The predicted octanol–water partition coefficient (Wildman–Crippen LogP) is 10.9. The lowest BCUT2D eigenvalue weighted by molar-refractivity contribution is -0.400. The first kappa shape index (κ1) is 35.5. The van der Waals surface area contributed by atoms with Gasteiger partial charge in [0.25, 0.3) is 0 Å². The van der Waals surface area contributed by atoms with E-state index in [0.29, 0.717) is 0 Å². The summed E-state index contributed by atoms with van der Waals surface area (Å²) in [6.07, 6.45) is -14.2. The molecule has 0 spiro atoms. The summed E-state index contributed by atoms with van der Waals surface area (Å²) in [5.41, 5.74) is -2.49. The minimum absolute atomic E-state index is 0.0743. The quantitative estimate of drug-likeness (QED) is 0.0961. The third-order valence-electron chi connectivity index (χ3n) is 8.57. The monoisotopic (exact) mass is 766 g/mol. The van der Waals surface area contributed by atoms with Crippen molar-refractivity contribution >= 4 is 65.2 Å². The molecule has 22 heteroatoms. The zero-order chi connectivity index (χ0) is 38.6. The summed E-state index contributed by atoms with van der Waals surface area (Å²) in [6, 6.07) is 8.03. The van der Waals surface area contributed by atoms with Crippen LogP contribution in [0, 0.1) is 0 Å². The Morgan fingerprint density at radius 2 is 0.519 bits per heavy atom. The Labute approximate surface area is 272 Å². The number of nitrogens with zero attached hydrogens (tertiary/aromatic N) is 4. The van der Waals surface area contributed by atoms with Crippen LogP contribution in [0.2, 0.25) is 0 Å². The Bertz CT molecular complexity index is 2280. The molecule has 4 nitrogen and oxygen atoms in total. The van der Waals surface area contributed by atoms with Gasteiger partial charge in [0, 0.05) is 21.5 Å². The minimum Gasteiger partial charge on any atom is -0.227 e. The van der Waals surface area contributed by atoms with E-state index in [1.54, 1.807) is 0 Å². The highest BCUT2D eigenvalue weighted by molar-refractivity contribution is 6.38. The maximum atomic E-state index is 14.8. The van der Waals surface area contributed by atoms with E-state index in [-0.39, 0.29) is 43.1 Å². The molecule has 0 atom stereocenters. The van der Waals surface area contributed by atoms with Gasteiger partial charge in [-0.15, -0.1) is 0 Å².